The van der Waals surface area contributed by atoms with Gasteiger partial charge in [0.05, 0.1) is 19.7 Å². The number of hydrogen-bond donors (Lipinski definition) is 2. The molecule has 1 atom stereocenters. The molecule has 1 aromatic carbocycles. The highest BCUT2D eigenvalue weighted by Gasteiger charge is 2.33. The van der Waals surface area contributed by atoms with Gasteiger partial charge in [-0.15, -0.1) is 0 Å². The summed E-state index contributed by atoms with van der Waals surface area (Å²) in [6.07, 6.45) is 2.65. The van der Waals surface area contributed by atoms with Crippen LogP contribution in [0, 0.1) is 0 Å². The van der Waals surface area contributed by atoms with Crippen molar-refractivity contribution in [3.63, 3.8) is 0 Å². The zero-order valence-electron chi connectivity index (χ0n) is 16.5. The van der Waals surface area contributed by atoms with Crippen LogP contribution < -0.4 is 20.1 Å². The number of rotatable bonds is 5. The second kappa shape index (κ2) is 8.29. The molecular formula is C21H28N4O2. The number of fused-ring (bicyclic) bond motifs is 1. The molecule has 2 N–H and O–H groups in total. The molecule has 0 bridgehead atoms. The van der Waals surface area contributed by atoms with Crippen LogP contribution in [-0.2, 0) is 6.54 Å². The number of aliphatic imine (C=N–C) groups is 1. The van der Waals surface area contributed by atoms with E-state index in [-0.39, 0.29) is 11.6 Å². The summed E-state index contributed by atoms with van der Waals surface area (Å²) >= 11 is 0. The molecule has 144 valence electrons. The summed E-state index contributed by atoms with van der Waals surface area (Å²) in [5.41, 5.74) is 1.96. The molecule has 3 rings (SSSR count). The van der Waals surface area contributed by atoms with Crippen LogP contribution in [0.1, 0.15) is 44.4 Å². The molecule has 6 heteroatoms. The van der Waals surface area contributed by atoms with E-state index in [1.807, 2.05) is 30.3 Å². The maximum absolute atomic E-state index is 6.12. The first kappa shape index (κ1) is 19.0. The standard InChI is InChI=1S/C21H28N4O2/c1-5-22-20(24-14-15-10-11-19(26-4)23-13-15)25-17-12-21(2,3)27-18-9-7-6-8-16(17)18/h6-11,13,17H,5,12,14H2,1-4H3,(H2,22,24,25). The SMILES string of the molecule is CCNC(=NCc1ccc(OC)nc1)NC1CC(C)(C)Oc2ccccc21. The van der Waals surface area contributed by atoms with Gasteiger partial charge in [-0.1, -0.05) is 24.3 Å². The number of methoxy groups -OCH3 is 1. The summed E-state index contributed by atoms with van der Waals surface area (Å²) in [6.45, 7) is 7.63. The highest BCUT2D eigenvalue weighted by molar-refractivity contribution is 5.80. The number of guanidine groups is 1. The monoisotopic (exact) mass is 368 g/mol. The van der Waals surface area contributed by atoms with E-state index in [0.29, 0.717) is 12.4 Å². The van der Waals surface area contributed by atoms with Crippen molar-refractivity contribution >= 4 is 5.96 Å². The molecule has 0 fully saturated rings. The van der Waals surface area contributed by atoms with E-state index in [1.165, 1.54) is 0 Å². The lowest BCUT2D eigenvalue weighted by Gasteiger charge is -2.38. The first-order valence-electron chi connectivity index (χ1n) is 9.32. The predicted octanol–water partition coefficient (Wildman–Crippen LogP) is 3.45. The van der Waals surface area contributed by atoms with Crippen molar-refractivity contribution in [3.8, 4) is 11.6 Å². The van der Waals surface area contributed by atoms with E-state index >= 15 is 0 Å². The molecule has 0 spiro atoms. The Kier molecular flexibility index (Phi) is 5.84. The van der Waals surface area contributed by atoms with Gasteiger partial charge in [0, 0.05) is 30.8 Å². The molecule has 1 aliphatic rings. The van der Waals surface area contributed by atoms with E-state index in [9.17, 15) is 0 Å². The van der Waals surface area contributed by atoms with Crippen LogP contribution in [0.4, 0.5) is 0 Å². The molecule has 6 nitrogen and oxygen atoms in total. The molecule has 1 aliphatic heterocycles. The lowest BCUT2D eigenvalue weighted by atomic mass is 9.90. The molecule has 0 saturated heterocycles. The highest BCUT2D eigenvalue weighted by atomic mass is 16.5. The minimum Gasteiger partial charge on any atom is -0.487 e. The molecule has 0 aliphatic carbocycles. The average Bonchev–Trinajstić information content (AvgIpc) is 2.66. The van der Waals surface area contributed by atoms with Crippen molar-refractivity contribution < 1.29 is 9.47 Å². The number of benzene rings is 1. The minimum absolute atomic E-state index is 0.136. The van der Waals surface area contributed by atoms with Crippen molar-refractivity contribution in [3.05, 3.63) is 53.7 Å². The van der Waals surface area contributed by atoms with E-state index in [2.05, 4.69) is 42.5 Å². The van der Waals surface area contributed by atoms with Crippen molar-refractivity contribution in [2.45, 2.75) is 45.4 Å². The number of ether oxygens (including phenoxy) is 2. The van der Waals surface area contributed by atoms with Crippen molar-refractivity contribution in [1.29, 1.82) is 0 Å². The average molecular weight is 368 g/mol. The summed E-state index contributed by atoms with van der Waals surface area (Å²) in [5.74, 6) is 2.32. The minimum atomic E-state index is -0.233. The molecule has 1 aromatic heterocycles. The van der Waals surface area contributed by atoms with Crippen LogP contribution >= 0.6 is 0 Å². The second-order valence-electron chi connectivity index (χ2n) is 7.20. The van der Waals surface area contributed by atoms with E-state index < -0.39 is 0 Å². The lowest BCUT2D eigenvalue weighted by molar-refractivity contribution is 0.0694. The number of aromatic nitrogens is 1. The fraction of sp³-hybridized carbons (Fsp3) is 0.429. The first-order valence-corrected chi connectivity index (χ1v) is 9.32. The van der Waals surface area contributed by atoms with Crippen LogP contribution in [0.25, 0.3) is 0 Å². The first-order chi connectivity index (χ1) is 13.0. The largest absolute Gasteiger partial charge is 0.487 e. The zero-order valence-corrected chi connectivity index (χ0v) is 16.5. The van der Waals surface area contributed by atoms with Crippen LogP contribution in [0.5, 0.6) is 11.6 Å². The normalized spacial score (nSPS) is 18.2. The molecular weight excluding hydrogens is 340 g/mol. The third-order valence-electron chi connectivity index (χ3n) is 4.46. The summed E-state index contributed by atoms with van der Waals surface area (Å²) in [6, 6.07) is 12.2. The quantitative estimate of drug-likeness (QED) is 0.625. The topological polar surface area (TPSA) is 67.8 Å². The third-order valence-corrected chi connectivity index (χ3v) is 4.46. The molecule has 1 unspecified atom stereocenters. The van der Waals surface area contributed by atoms with Gasteiger partial charge >= 0.3 is 0 Å². The van der Waals surface area contributed by atoms with Crippen LogP contribution in [0.3, 0.4) is 0 Å². The lowest BCUT2D eigenvalue weighted by Crippen LogP contribution is -2.45. The Morgan fingerprint density at radius 3 is 2.81 bits per heavy atom. The third kappa shape index (κ3) is 4.90. The Morgan fingerprint density at radius 1 is 1.30 bits per heavy atom. The fourth-order valence-electron chi connectivity index (χ4n) is 3.21. The summed E-state index contributed by atoms with van der Waals surface area (Å²) in [5, 5.41) is 6.91. The fourth-order valence-corrected chi connectivity index (χ4v) is 3.21. The maximum atomic E-state index is 6.12. The van der Waals surface area contributed by atoms with E-state index in [1.54, 1.807) is 13.3 Å². The summed E-state index contributed by atoms with van der Waals surface area (Å²) in [4.78, 5) is 8.96. The molecule has 0 saturated carbocycles. The Morgan fingerprint density at radius 2 is 2.11 bits per heavy atom. The summed E-state index contributed by atoms with van der Waals surface area (Å²) < 4.78 is 11.2. The number of hydrogen-bond acceptors (Lipinski definition) is 4. The second-order valence-corrected chi connectivity index (χ2v) is 7.20. The van der Waals surface area contributed by atoms with E-state index in [4.69, 9.17) is 14.5 Å². The summed E-state index contributed by atoms with van der Waals surface area (Å²) in [7, 11) is 1.61. The molecule has 27 heavy (non-hydrogen) atoms. The Bertz CT molecular complexity index is 787. The van der Waals surface area contributed by atoms with Gasteiger partial charge in [-0.05, 0) is 32.4 Å². The van der Waals surface area contributed by atoms with Gasteiger partial charge in [0.15, 0.2) is 5.96 Å². The van der Waals surface area contributed by atoms with Gasteiger partial charge in [-0.2, -0.15) is 0 Å². The van der Waals surface area contributed by atoms with Crippen LogP contribution in [0.2, 0.25) is 0 Å². The molecule has 0 amide bonds. The number of nitrogens with one attached hydrogen (secondary N) is 2. The maximum Gasteiger partial charge on any atom is 0.212 e. The Hall–Kier alpha value is -2.76. The van der Waals surface area contributed by atoms with Gasteiger partial charge in [-0.25, -0.2) is 9.98 Å². The number of pyridine rings is 1. The van der Waals surface area contributed by atoms with Gasteiger partial charge in [0.1, 0.15) is 11.4 Å². The van der Waals surface area contributed by atoms with E-state index in [0.717, 1.165) is 35.8 Å². The molecule has 0 radical (unpaired) electrons. The van der Waals surface area contributed by atoms with Crippen LogP contribution in [-0.4, -0.2) is 30.2 Å². The number of para-hydroxylation sites is 1. The van der Waals surface area contributed by atoms with Gasteiger partial charge in [0.25, 0.3) is 0 Å². The molecule has 2 aromatic rings. The van der Waals surface area contributed by atoms with Gasteiger partial charge < -0.3 is 20.1 Å². The van der Waals surface area contributed by atoms with Gasteiger partial charge in [0.2, 0.25) is 5.88 Å². The smallest absolute Gasteiger partial charge is 0.212 e. The Labute approximate surface area is 161 Å². The molecule has 2 heterocycles. The number of nitrogens with zero attached hydrogens (tertiary/aromatic N) is 2. The van der Waals surface area contributed by atoms with Gasteiger partial charge in [-0.3, -0.25) is 0 Å². The van der Waals surface area contributed by atoms with Crippen molar-refractivity contribution in [2.24, 2.45) is 4.99 Å². The van der Waals surface area contributed by atoms with Crippen molar-refractivity contribution in [1.82, 2.24) is 15.6 Å². The van der Waals surface area contributed by atoms with Crippen LogP contribution in [0.15, 0.2) is 47.6 Å². The Balaban J connectivity index is 1.77. The highest BCUT2D eigenvalue weighted by Crippen LogP contribution is 2.39. The van der Waals surface area contributed by atoms with Crippen molar-refractivity contribution in [2.75, 3.05) is 13.7 Å². The zero-order chi connectivity index (χ0) is 19.3. The predicted molar refractivity (Wildman–Crippen MR) is 107 cm³/mol.